The van der Waals surface area contributed by atoms with Gasteiger partial charge in [-0.1, -0.05) is 48.5 Å². The number of hydrogen-bond donors (Lipinski definition) is 1. The van der Waals surface area contributed by atoms with E-state index in [9.17, 15) is 5.11 Å². The summed E-state index contributed by atoms with van der Waals surface area (Å²) in [6, 6.07) is 43.4. The van der Waals surface area contributed by atoms with Crippen LogP contribution < -0.4 is 9.47 Å². The first-order chi connectivity index (χ1) is 22.1. The number of phenolic OH excluding ortho intramolecular Hbond substituents is 1. The van der Waals surface area contributed by atoms with Crippen molar-refractivity contribution in [3.05, 3.63) is 140 Å². The number of aromatic hydroxyl groups is 1. The molecule has 0 spiro atoms. The fourth-order valence-electron chi connectivity index (χ4n) is 5.15. The van der Waals surface area contributed by atoms with Gasteiger partial charge in [0, 0.05) is 17.2 Å². The van der Waals surface area contributed by atoms with Crippen molar-refractivity contribution in [2.75, 3.05) is 0 Å². The second kappa shape index (κ2) is 11.1. The molecule has 0 saturated heterocycles. The third kappa shape index (κ3) is 5.46. The zero-order chi connectivity index (χ0) is 30.2. The summed E-state index contributed by atoms with van der Waals surface area (Å²) < 4.78 is 24.3. The average Bonchev–Trinajstić information content (AvgIpc) is 3.70. The van der Waals surface area contributed by atoms with Crippen LogP contribution in [0.25, 0.3) is 56.2 Å². The monoisotopic (exact) mass is 588 g/mol. The number of phenols is 1. The molecular weight excluding hydrogens is 564 g/mol. The van der Waals surface area contributed by atoms with Gasteiger partial charge in [-0.2, -0.15) is 0 Å². The Kier molecular flexibility index (Phi) is 6.46. The third-order valence-corrected chi connectivity index (χ3v) is 7.30. The van der Waals surface area contributed by atoms with Crippen LogP contribution in [-0.2, 0) is 0 Å². The number of ether oxygens (including phenoxy) is 2. The molecule has 0 atom stereocenters. The zero-order valence-corrected chi connectivity index (χ0v) is 23.8. The molecule has 0 bridgehead atoms. The van der Waals surface area contributed by atoms with Gasteiger partial charge in [-0.25, -0.2) is 9.97 Å². The van der Waals surface area contributed by atoms with E-state index in [0.717, 1.165) is 39.0 Å². The van der Waals surface area contributed by atoms with E-state index >= 15 is 0 Å². The van der Waals surface area contributed by atoms with Gasteiger partial charge in [0.05, 0.1) is 0 Å². The van der Waals surface area contributed by atoms with Crippen molar-refractivity contribution in [1.82, 2.24) is 9.97 Å². The van der Waals surface area contributed by atoms with Crippen molar-refractivity contribution in [1.29, 1.82) is 0 Å². The van der Waals surface area contributed by atoms with Gasteiger partial charge in [-0.05, 0) is 96.1 Å². The van der Waals surface area contributed by atoms with Gasteiger partial charge in [0.25, 0.3) is 0 Å². The van der Waals surface area contributed by atoms with Gasteiger partial charge in [0.1, 0.15) is 39.8 Å². The number of fused-ring (bicyclic) bond motifs is 2. The maximum absolute atomic E-state index is 9.74. The molecule has 216 valence electrons. The molecule has 0 aliphatic rings. The van der Waals surface area contributed by atoms with Crippen LogP contribution >= 0.6 is 0 Å². The van der Waals surface area contributed by atoms with Gasteiger partial charge in [0.2, 0.25) is 11.8 Å². The lowest BCUT2D eigenvalue weighted by atomic mass is 10.1. The lowest BCUT2D eigenvalue weighted by Gasteiger charge is -2.06. The SMILES string of the molecule is Oc1cccc(Oc2cccc(-c3nc4ccc(-c5ccc6nc(-c7cccc(Oc8ccccc8)c7)oc6c5)cc4o3)c2)c1. The van der Waals surface area contributed by atoms with Crippen LogP contribution in [0.2, 0.25) is 0 Å². The summed E-state index contributed by atoms with van der Waals surface area (Å²) >= 11 is 0. The van der Waals surface area contributed by atoms with Crippen LogP contribution in [0, 0.1) is 0 Å². The Morgan fingerprint density at radius 1 is 0.422 bits per heavy atom. The van der Waals surface area contributed by atoms with E-state index < -0.39 is 0 Å². The van der Waals surface area contributed by atoms with Crippen LogP contribution in [-0.4, -0.2) is 15.1 Å². The van der Waals surface area contributed by atoms with Crippen LogP contribution in [0.3, 0.4) is 0 Å². The molecule has 0 aliphatic heterocycles. The molecule has 2 aromatic heterocycles. The first-order valence-corrected chi connectivity index (χ1v) is 14.4. The maximum atomic E-state index is 9.74. The number of aromatic nitrogens is 2. The molecule has 1 N–H and O–H groups in total. The maximum Gasteiger partial charge on any atom is 0.227 e. The minimum Gasteiger partial charge on any atom is -0.508 e. The van der Waals surface area contributed by atoms with Crippen molar-refractivity contribution in [2.45, 2.75) is 0 Å². The zero-order valence-electron chi connectivity index (χ0n) is 23.8. The van der Waals surface area contributed by atoms with Crippen molar-refractivity contribution in [2.24, 2.45) is 0 Å². The van der Waals surface area contributed by atoms with Gasteiger partial charge in [-0.3, -0.25) is 0 Å². The second-order valence-electron chi connectivity index (χ2n) is 10.5. The van der Waals surface area contributed by atoms with Crippen molar-refractivity contribution in [3.63, 3.8) is 0 Å². The van der Waals surface area contributed by atoms with Crippen molar-refractivity contribution in [3.8, 4) is 62.8 Å². The van der Waals surface area contributed by atoms with E-state index in [1.54, 1.807) is 24.3 Å². The molecule has 8 aromatic rings. The molecule has 0 saturated carbocycles. The Labute approximate surface area is 257 Å². The predicted molar refractivity (Wildman–Crippen MR) is 173 cm³/mol. The van der Waals surface area contributed by atoms with Gasteiger partial charge in [0.15, 0.2) is 11.2 Å². The fraction of sp³-hybridized carbons (Fsp3) is 0. The summed E-state index contributed by atoms with van der Waals surface area (Å²) in [5, 5.41) is 9.74. The lowest BCUT2D eigenvalue weighted by molar-refractivity contribution is 0.455. The highest BCUT2D eigenvalue weighted by Crippen LogP contribution is 2.34. The topological polar surface area (TPSA) is 90.8 Å². The smallest absolute Gasteiger partial charge is 0.227 e. The van der Waals surface area contributed by atoms with E-state index in [-0.39, 0.29) is 5.75 Å². The Bertz CT molecular complexity index is 2310. The number of para-hydroxylation sites is 1. The van der Waals surface area contributed by atoms with E-state index in [0.29, 0.717) is 40.2 Å². The normalized spacial score (nSPS) is 11.2. The molecule has 0 unspecified atom stereocenters. The Hall–Kier alpha value is -6.34. The summed E-state index contributed by atoms with van der Waals surface area (Å²) in [7, 11) is 0. The van der Waals surface area contributed by atoms with E-state index in [1.807, 2.05) is 115 Å². The Morgan fingerprint density at radius 2 is 0.911 bits per heavy atom. The summed E-state index contributed by atoms with van der Waals surface area (Å²) in [4.78, 5) is 9.42. The van der Waals surface area contributed by atoms with Crippen LogP contribution in [0.5, 0.6) is 28.7 Å². The lowest BCUT2D eigenvalue weighted by Crippen LogP contribution is -1.85. The van der Waals surface area contributed by atoms with Gasteiger partial charge < -0.3 is 23.4 Å². The first kappa shape index (κ1) is 26.3. The number of hydrogen-bond acceptors (Lipinski definition) is 7. The second-order valence-corrected chi connectivity index (χ2v) is 10.5. The summed E-state index contributed by atoms with van der Waals surface area (Å²) in [5.41, 5.74) is 6.38. The number of benzene rings is 6. The van der Waals surface area contributed by atoms with Crippen molar-refractivity contribution >= 4 is 22.2 Å². The highest BCUT2D eigenvalue weighted by atomic mass is 16.5. The van der Waals surface area contributed by atoms with E-state index in [2.05, 4.69) is 0 Å². The van der Waals surface area contributed by atoms with Crippen LogP contribution in [0.15, 0.2) is 148 Å². The van der Waals surface area contributed by atoms with Crippen molar-refractivity contribution < 1.29 is 23.4 Å². The molecule has 0 aliphatic carbocycles. The Balaban J connectivity index is 1.05. The van der Waals surface area contributed by atoms with Gasteiger partial charge in [-0.15, -0.1) is 0 Å². The Morgan fingerprint density at radius 3 is 1.47 bits per heavy atom. The fourth-order valence-corrected chi connectivity index (χ4v) is 5.15. The molecule has 0 amide bonds. The third-order valence-electron chi connectivity index (χ3n) is 7.30. The van der Waals surface area contributed by atoms with Gasteiger partial charge >= 0.3 is 0 Å². The molecule has 6 aromatic carbocycles. The molecule has 2 heterocycles. The minimum atomic E-state index is 0.140. The summed E-state index contributed by atoms with van der Waals surface area (Å²) in [6.45, 7) is 0. The van der Waals surface area contributed by atoms with Crippen LogP contribution in [0.1, 0.15) is 0 Å². The molecule has 0 fully saturated rings. The highest BCUT2D eigenvalue weighted by Gasteiger charge is 2.14. The summed E-state index contributed by atoms with van der Waals surface area (Å²) in [5.74, 6) is 3.76. The molecule has 45 heavy (non-hydrogen) atoms. The quantitative estimate of drug-likeness (QED) is 0.198. The first-order valence-electron chi connectivity index (χ1n) is 14.4. The largest absolute Gasteiger partial charge is 0.508 e. The molecule has 7 heteroatoms. The number of rotatable bonds is 7. The van der Waals surface area contributed by atoms with E-state index in [4.69, 9.17) is 28.3 Å². The predicted octanol–water partition coefficient (Wildman–Crippen LogP) is 10.3. The highest BCUT2D eigenvalue weighted by molar-refractivity contribution is 5.86. The minimum absolute atomic E-state index is 0.140. The van der Waals surface area contributed by atoms with E-state index in [1.165, 1.54) is 0 Å². The molecule has 7 nitrogen and oxygen atoms in total. The van der Waals surface area contributed by atoms with Crippen LogP contribution in [0.4, 0.5) is 0 Å². The molecular formula is C38H24N2O5. The average molecular weight is 589 g/mol. The standard InChI is InChI=1S/C38H24N2O5/c41-28-9-6-14-32(23-28)43-31-13-5-8-27(20-31)38-40-34-18-16-25(22-36(34)45-38)24-15-17-33-35(21-24)44-37(39-33)26-7-4-12-30(19-26)42-29-10-2-1-3-11-29/h1-23,41H. The number of oxazole rings is 2. The number of nitrogens with zero attached hydrogens (tertiary/aromatic N) is 2. The molecule has 0 radical (unpaired) electrons. The summed E-state index contributed by atoms with van der Waals surface area (Å²) in [6.07, 6.45) is 0. The molecule has 8 rings (SSSR count).